The van der Waals surface area contributed by atoms with Crippen molar-refractivity contribution in [3.05, 3.63) is 87.0 Å². The van der Waals surface area contributed by atoms with Gasteiger partial charge in [0.1, 0.15) is 11.0 Å². The minimum absolute atomic E-state index is 0.000299. The topological polar surface area (TPSA) is 75.8 Å². The van der Waals surface area contributed by atoms with E-state index in [0.717, 1.165) is 5.56 Å². The highest BCUT2D eigenvalue weighted by molar-refractivity contribution is 7.95. The average Bonchev–Trinajstić information content (AvgIpc) is 3.09. The maximum atomic E-state index is 12.8. The standard InChI is InChI=1S/C19H13Cl2N3O2S/c20-16-6-7-18(21)19(9-16)27(25,26)17(10-22)8-15-11-23-24(13-15)12-14-4-2-1-3-5-14/h1-9,11,13H,12H2/b17-8+. The van der Waals surface area contributed by atoms with Crippen molar-refractivity contribution in [2.75, 3.05) is 0 Å². The molecule has 1 heterocycles. The van der Waals surface area contributed by atoms with Crippen LogP contribution in [0.5, 0.6) is 0 Å². The van der Waals surface area contributed by atoms with E-state index in [9.17, 15) is 13.7 Å². The number of aromatic nitrogens is 2. The summed E-state index contributed by atoms with van der Waals surface area (Å²) in [5, 5.41) is 13.8. The lowest BCUT2D eigenvalue weighted by molar-refractivity contribution is 0.603. The second-order valence-electron chi connectivity index (χ2n) is 5.66. The van der Waals surface area contributed by atoms with Gasteiger partial charge in [-0.1, -0.05) is 53.5 Å². The number of nitriles is 1. The molecule has 1 aromatic heterocycles. The first-order valence-corrected chi connectivity index (χ1v) is 10.0. The first-order valence-electron chi connectivity index (χ1n) is 7.78. The lowest BCUT2D eigenvalue weighted by atomic mass is 10.2. The van der Waals surface area contributed by atoms with Gasteiger partial charge in [-0.3, -0.25) is 4.68 Å². The van der Waals surface area contributed by atoms with Crippen LogP contribution in [0.3, 0.4) is 0 Å². The molecule has 136 valence electrons. The van der Waals surface area contributed by atoms with E-state index in [4.69, 9.17) is 23.2 Å². The van der Waals surface area contributed by atoms with Gasteiger partial charge in [0.05, 0.1) is 22.7 Å². The highest BCUT2D eigenvalue weighted by atomic mass is 35.5. The number of hydrogen-bond donors (Lipinski definition) is 0. The summed E-state index contributed by atoms with van der Waals surface area (Å²) >= 11 is 11.9. The number of sulfone groups is 1. The molecular weight excluding hydrogens is 405 g/mol. The van der Waals surface area contributed by atoms with Crippen LogP contribution in [0.2, 0.25) is 10.0 Å². The van der Waals surface area contributed by atoms with Gasteiger partial charge in [-0.15, -0.1) is 0 Å². The van der Waals surface area contributed by atoms with E-state index < -0.39 is 14.7 Å². The van der Waals surface area contributed by atoms with Crippen molar-refractivity contribution >= 4 is 39.1 Å². The molecule has 3 rings (SSSR count). The van der Waals surface area contributed by atoms with Crippen LogP contribution in [-0.4, -0.2) is 18.2 Å². The van der Waals surface area contributed by atoms with Gasteiger partial charge in [0, 0.05) is 16.8 Å². The molecule has 0 radical (unpaired) electrons. The number of rotatable bonds is 5. The lowest BCUT2D eigenvalue weighted by Gasteiger charge is -2.05. The Morgan fingerprint density at radius 1 is 1.19 bits per heavy atom. The largest absolute Gasteiger partial charge is 0.268 e. The molecule has 0 saturated heterocycles. The molecule has 0 saturated carbocycles. The van der Waals surface area contributed by atoms with Crippen LogP contribution in [0.15, 0.2) is 70.7 Å². The third kappa shape index (κ3) is 4.40. The molecule has 0 N–H and O–H groups in total. The molecule has 2 aromatic carbocycles. The second-order valence-corrected chi connectivity index (χ2v) is 8.39. The van der Waals surface area contributed by atoms with E-state index in [-0.39, 0.29) is 14.9 Å². The van der Waals surface area contributed by atoms with Gasteiger partial charge < -0.3 is 0 Å². The Balaban J connectivity index is 1.93. The molecule has 5 nitrogen and oxygen atoms in total. The summed E-state index contributed by atoms with van der Waals surface area (Å²) < 4.78 is 27.2. The van der Waals surface area contributed by atoms with Gasteiger partial charge in [0.25, 0.3) is 0 Å². The number of benzene rings is 2. The maximum Gasteiger partial charge on any atom is 0.218 e. The maximum absolute atomic E-state index is 12.8. The summed E-state index contributed by atoms with van der Waals surface area (Å²) in [4.78, 5) is -0.646. The minimum Gasteiger partial charge on any atom is -0.268 e. The smallest absolute Gasteiger partial charge is 0.218 e. The molecule has 0 amide bonds. The average molecular weight is 418 g/mol. The van der Waals surface area contributed by atoms with Crippen molar-refractivity contribution < 1.29 is 8.42 Å². The summed E-state index contributed by atoms with van der Waals surface area (Å²) in [7, 11) is -4.11. The quantitative estimate of drug-likeness (QED) is 0.569. The molecule has 0 bridgehead atoms. The third-order valence-corrected chi connectivity index (χ3v) is 6.10. The molecule has 27 heavy (non-hydrogen) atoms. The number of halogens is 2. The van der Waals surface area contributed by atoms with E-state index in [0.29, 0.717) is 12.1 Å². The molecule has 3 aromatic rings. The number of nitrogens with zero attached hydrogens (tertiary/aromatic N) is 3. The van der Waals surface area contributed by atoms with Crippen molar-refractivity contribution in [1.82, 2.24) is 9.78 Å². The van der Waals surface area contributed by atoms with Gasteiger partial charge in [0.2, 0.25) is 9.84 Å². The Kier molecular flexibility index (Phi) is 5.66. The summed E-state index contributed by atoms with van der Waals surface area (Å²) in [6.45, 7) is 0.531. The SMILES string of the molecule is N#C/C(=C\c1cnn(Cc2ccccc2)c1)S(=O)(=O)c1cc(Cl)ccc1Cl. The predicted octanol–water partition coefficient (Wildman–Crippen LogP) is 4.58. The highest BCUT2D eigenvalue weighted by Gasteiger charge is 2.24. The molecule has 8 heteroatoms. The predicted molar refractivity (Wildman–Crippen MR) is 105 cm³/mol. The Bertz CT molecular complexity index is 1150. The van der Waals surface area contributed by atoms with Crippen LogP contribution in [0.1, 0.15) is 11.1 Å². The Hall–Kier alpha value is -2.59. The van der Waals surface area contributed by atoms with Crippen LogP contribution in [0.25, 0.3) is 6.08 Å². The van der Waals surface area contributed by atoms with Crippen LogP contribution in [-0.2, 0) is 16.4 Å². The first-order chi connectivity index (χ1) is 12.9. The van der Waals surface area contributed by atoms with E-state index in [1.165, 1.54) is 30.5 Å². The Morgan fingerprint density at radius 2 is 1.93 bits per heavy atom. The fraction of sp³-hybridized carbons (Fsp3) is 0.0526. The molecule has 0 spiro atoms. The number of hydrogen-bond acceptors (Lipinski definition) is 4. The summed E-state index contributed by atoms with van der Waals surface area (Å²) in [5.41, 5.74) is 1.54. The zero-order valence-corrected chi connectivity index (χ0v) is 16.2. The Morgan fingerprint density at radius 3 is 2.63 bits per heavy atom. The van der Waals surface area contributed by atoms with Crippen LogP contribution < -0.4 is 0 Å². The van der Waals surface area contributed by atoms with Gasteiger partial charge >= 0.3 is 0 Å². The summed E-state index contributed by atoms with van der Waals surface area (Å²) in [5.74, 6) is 0. The fourth-order valence-corrected chi connectivity index (χ4v) is 4.35. The molecule has 0 fully saturated rings. The molecule has 0 atom stereocenters. The van der Waals surface area contributed by atoms with Gasteiger partial charge in [-0.25, -0.2) is 8.42 Å². The van der Waals surface area contributed by atoms with Crippen molar-refractivity contribution in [2.24, 2.45) is 0 Å². The van der Waals surface area contributed by atoms with E-state index in [1.807, 2.05) is 30.3 Å². The summed E-state index contributed by atoms with van der Waals surface area (Å²) in [6, 6.07) is 15.5. The molecule has 0 unspecified atom stereocenters. The van der Waals surface area contributed by atoms with E-state index >= 15 is 0 Å². The monoisotopic (exact) mass is 417 g/mol. The summed E-state index contributed by atoms with van der Waals surface area (Å²) in [6.07, 6.45) is 4.43. The lowest BCUT2D eigenvalue weighted by Crippen LogP contribution is -2.04. The van der Waals surface area contributed by atoms with E-state index in [2.05, 4.69) is 5.10 Å². The fourth-order valence-electron chi connectivity index (χ4n) is 2.43. The number of allylic oxidation sites excluding steroid dienone is 1. The third-order valence-electron chi connectivity index (χ3n) is 3.72. The minimum atomic E-state index is -4.11. The van der Waals surface area contributed by atoms with Crippen molar-refractivity contribution in [2.45, 2.75) is 11.4 Å². The van der Waals surface area contributed by atoms with Crippen LogP contribution >= 0.6 is 23.2 Å². The molecule has 0 aliphatic rings. The normalized spacial score (nSPS) is 12.0. The van der Waals surface area contributed by atoms with Gasteiger partial charge in [0.15, 0.2) is 0 Å². The van der Waals surface area contributed by atoms with Crippen molar-refractivity contribution in [3.8, 4) is 6.07 Å². The van der Waals surface area contributed by atoms with Gasteiger partial charge in [-0.2, -0.15) is 10.4 Å². The molecule has 0 aliphatic carbocycles. The van der Waals surface area contributed by atoms with Crippen molar-refractivity contribution in [3.63, 3.8) is 0 Å². The highest BCUT2D eigenvalue weighted by Crippen LogP contribution is 2.30. The molecular formula is C19H13Cl2N3O2S. The zero-order chi connectivity index (χ0) is 19.4. The van der Waals surface area contributed by atoms with E-state index in [1.54, 1.807) is 16.9 Å². The van der Waals surface area contributed by atoms with Crippen LogP contribution in [0.4, 0.5) is 0 Å². The second kappa shape index (κ2) is 7.97. The van der Waals surface area contributed by atoms with Gasteiger partial charge in [-0.05, 0) is 29.8 Å². The van der Waals surface area contributed by atoms with Crippen LogP contribution in [0, 0.1) is 11.3 Å². The zero-order valence-electron chi connectivity index (χ0n) is 13.9. The molecule has 0 aliphatic heterocycles. The first kappa shape index (κ1) is 19.2. The Labute approximate surface area is 167 Å². The van der Waals surface area contributed by atoms with Crippen molar-refractivity contribution in [1.29, 1.82) is 5.26 Å².